The second-order valence-electron chi connectivity index (χ2n) is 6.52. The predicted molar refractivity (Wildman–Crippen MR) is 93.7 cm³/mol. The van der Waals surface area contributed by atoms with Gasteiger partial charge in [-0.2, -0.15) is 0 Å². The molecule has 0 spiro atoms. The maximum Gasteiger partial charge on any atom is 0.322 e. The van der Waals surface area contributed by atoms with Gasteiger partial charge in [-0.3, -0.25) is 9.69 Å². The first-order valence-corrected chi connectivity index (χ1v) is 8.71. The minimum atomic E-state index is -0.0803. The van der Waals surface area contributed by atoms with Crippen molar-refractivity contribution >= 4 is 17.6 Å². The minimum Gasteiger partial charge on any atom is -0.459 e. The Kier molecular flexibility index (Phi) is 4.17. The molecule has 4 rings (SSSR count). The van der Waals surface area contributed by atoms with E-state index in [9.17, 15) is 9.59 Å². The van der Waals surface area contributed by atoms with E-state index in [0.29, 0.717) is 18.8 Å². The third-order valence-electron chi connectivity index (χ3n) is 4.97. The van der Waals surface area contributed by atoms with E-state index in [-0.39, 0.29) is 18.0 Å². The highest BCUT2D eigenvalue weighted by Gasteiger charge is 2.29. The topological polar surface area (TPSA) is 65.8 Å². The number of nitrogens with one attached hydrogen (secondary N) is 1. The number of piperidine rings is 1. The van der Waals surface area contributed by atoms with Gasteiger partial charge in [0, 0.05) is 31.4 Å². The van der Waals surface area contributed by atoms with E-state index in [1.807, 2.05) is 23.1 Å². The summed E-state index contributed by atoms with van der Waals surface area (Å²) in [6.07, 6.45) is 3.93. The van der Waals surface area contributed by atoms with Gasteiger partial charge in [-0.25, -0.2) is 4.79 Å². The molecule has 0 unspecified atom stereocenters. The molecule has 25 heavy (non-hydrogen) atoms. The van der Waals surface area contributed by atoms with E-state index in [1.165, 1.54) is 11.8 Å². The van der Waals surface area contributed by atoms with Gasteiger partial charge in [0.25, 0.3) is 5.91 Å². The van der Waals surface area contributed by atoms with Crippen molar-refractivity contribution in [2.45, 2.75) is 25.3 Å². The van der Waals surface area contributed by atoms with Crippen LogP contribution in [0.2, 0.25) is 0 Å². The molecule has 1 fully saturated rings. The molecule has 0 atom stereocenters. The van der Waals surface area contributed by atoms with E-state index in [4.69, 9.17) is 4.42 Å². The van der Waals surface area contributed by atoms with Gasteiger partial charge in [0.15, 0.2) is 5.76 Å². The fraction of sp³-hybridized carbons (Fsp3) is 0.368. The standard InChI is InChI=1S/C19H21N3O3/c23-18(17-6-3-13-25-17)21-10-8-15(9-11-21)20-19(24)22-12-7-14-4-1-2-5-16(14)22/h1-6,13,15H,7-12H2,(H,20,24). The molecule has 0 aliphatic carbocycles. The highest BCUT2D eigenvalue weighted by atomic mass is 16.3. The number of rotatable bonds is 2. The van der Waals surface area contributed by atoms with Crippen LogP contribution in [0.15, 0.2) is 47.1 Å². The second-order valence-corrected chi connectivity index (χ2v) is 6.52. The average molecular weight is 339 g/mol. The summed E-state index contributed by atoms with van der Waals surface area (Å²) in [5.74, 6) is 0.291. The van der Waals surface area contributed by atoms with Gasteiger partial charge in [0.05, 0.1) is 6.26 Å². The largest absolute Gasteiger partial charge is 0.459 e. The third-order valence-corrected chi connectivity index (χ3v) is 4.97. The number of carbonyl (C=O) groups is 2. The van der Waals surface area contributed by atoms with Gasteiger partial charge in [-0.05, 0) is 43.0 Å². The van der Waals surface area contributed by atoms with Crippen molar-refractivity contribution in [3.63, 3.8) is 0 Å². The summed E-state index contributed by atoms with van der Waals surface area (Å²) in [4.78, 5) is 28.5. The number of benzene rings is 1. The molecule has 1 saturated heterocycles. The summed E-state index contributed by atoms with van der Waals surface area (Å²) in [7, 11) is 0. The Balaban J connectivity index is 1.32. The maximum atomic E-state index is 12.6. The Hall–Kier alpha value is -2.76. The van der Waals surface area contributed by atoms with Crippen molar-refractivity contribution in [2.75, 3.05) is 24.5 Å². The first-order valence-electron chi connectivity index (χ1n) is 8.71. The van der Waals surface area contributed by atoms with Crippen molar-refractivity contribution < 1.29 is 14.0 Å². The van der Waals surface area contributed by atoms with Crippen molar-refractivity contribution in [3.05, 3.63) is 54.0 Å². The second kappa shape index (κ2) is 6.63. The first kappa shape index (κ1) is 15.7. The zero-order valence-corrected chi connectivity index (χ0v) is 14.0. The lowest BCUT2D eigenvalue weighted by Crippen LogP contribution is -2.50. The van der Waals surface area contributed by atoms with E-state index < -0.39 is 0 Å². The molecule has 3 heterocycles. The van der Waals surface area contributed by atoms with Gasteiger partial charge >= 0.3 is 6.03 Å². The lowest BCUT2D eigenvalue weighted by molar-refractivity contribution is 0.0676. The molecule has 2 aromatic rings. The Bertz CT molecular complexity index is 764. The molecule has 3 amide bonds. The zero-order valence-electron chi connectivity index (χ0n) is 14.0. The fourth-order valence-corrected chi connectivity index (χ4v) is 3.58. The molecule has 2 aliphatic heterocycles. The molecule has 6 nitrogen and oxygen atoms in total. The highest BCUT2D eigenvalue weighted by Crippen LogP contribution is 2.27. The van der Waals surface area contributed by atoms with Crippen LogP contribution < -0.4 is 10.2 Å². The summed E-state index contributed by atoms with van der Waals surface area (Å²) in [5, 5.41) is 3.12. The third kappa shape index (κ3) is 3.12. The monoisotopic (exact) mass is 339 g/mol. The zero-order chi connectivity index (χ0) is 17.2. The van der Waals surface area contributed by atoms with Crippen LogP contribution in [-0.2, 0) is 6.42 Å². The Labute approximate surface area is 146 Å². The van der Waals surface area contributed by atoms with Crippen LogP contribution in [0.5, 0.6) is 0 Å². The van der Waals surface area contributed by atoms with Crippen LogP contribution in [0.3, 0.4) is 0 Å². The Morgan fingerprint density at radius 1 is 1.04 bits per heavy atom. The van der Waals surface area contributed by atoms with Crippen LogP contribution >= 0.6 is 0 Å². The number of urea groups is 1. The van der Waals surface area contributed by atoms with E-state index in [2.05, 4.69) is 11.4 Å². The van der Waals surface area contributed by atoms with Crippen LogP contribution in [0, 0.1) is 0 Å². The van der Waals surface area contributed by atoms with E-state index >= 15 is 0 Å². The number of amides is 3. The number of carbonyl (C=O) groups excluding carboxylic acids is 2. The lowest BCUT2D eigenvalue weighted by Gasteiger charge is -2.32. The van der Waals surface area contributed by atoms with Crippen LogP contribution in [0.1, 0.15) is 29.0 Å². The van der Waals surface area contributed by atoms with Gasteiger partial charge in [-0.1, -0.05) is 18.2 Å². The summed E-state index contributed by atoms with van der Waals surface area (Å²) in [6.45, 7) is 1.98. The molecule has 6 heteroatoms. The van der Waals surface area contributed by atoms with Crippen molar-refractivity contribution in [2.24, 2.45) is 0 Å². The lowest BCUT2D eigenvalue weighted by atomic mass is 10.0. The van der Waals surface area contributed by atoms with Crippen LogP contribution in [-0.4, -0.2) is 42.5 Å². The number of likely N-dealkylation sites (tertiary alicyclic amines) is 1. The number of fused-ring (bicyclic) bond motifs is 1. The molecule has 0 radical (unpaired) electrons. The first-order chi connectivity index (χ1) is 12.2. The molecular formula is C19H21N3O3. The smallest absolute Gasteiger partial charge is 0.322 e. The molecule has 130 valence electrons. The summed E-state index contributed by atoms with van der Waals surface area (Å²) >= 11 is 0. The average Bonchev–Trinajstić information content (AvgIpc) is 3.31. The quantitative estimate of drug-likeness (QED) is 0.915. The number of anilines is 1. The van der Waals surface area contributed by atoms with Crippen LogP contribution in [0.25, 0.3) is 0 Å². The van der Waals surface area contributed by atoms with E-state index in [1.54, 1.807) is 17.0 Å². The number of hydrogen-bond acceptors (Lipinski definition) is 3. The fourth-order valence-electron chi connectivity index (χ4n) is 3.58. The summed E-state index contributed by atoms with van der Waals surface area (Å²) in [6, 6.07) is 11.5. The molecule has 1 N–H and O–H groups in total. The minimum absolute atomic E-state index is 0.0410. The van der Waals surface area contributed by atoms with Gasteiger partial charge in [0.1, 0.15) is 0 Å². The van der Waals surface area contributed by atoms with Crippen LogP contribution in [0.4, 0.5) is 10.5 Å². The summed E-state index contributed by atoms with van der Waals surface area (Å²) in [5.41, 5.74) is 2.22. The number of furan rings is 1. The SMILES string of the molecule is O=C(c1ccco1)N1CCC(NC(=O)N2CCc3ccccc32)CC1. The summed E-state index contributed by atoms with van der Waals surface area (Å²) < 4.78 is 5.17. The molecule has 0 saturated carbocycles. The molecule has 0 bridgehead atoms. The maximum absolute atomic E-state index is 12.6. The predicted octanol–water partition coefficient (Wildman–Crippen LogP) is 2.66. The molecule has 1 aromatic heterocycles. The van der Waals surface area contributed by atoms with Gasteiger partial charge in [-0.15, -0.1) is 0 Å². The van der Waals surface area contributed by atoms with Crippen molar-refractivity contribution in [3.8, 4) is 0 Å². The Morgan fingerprint density at radius 3 is 2.60 bits per heavy atom. The Morgan fingerprint density at radius 2 is 1.84 bits per heavy atom. The highest BCUT2D eigenvalue weighted by molar-refractivity contribution is 5.94. The van der Waals surface area contributed by atoms with Gasteiger partial charge in [0.2, 0.25) is 0 Å². The molecule has 2 aliphatic rings. The van der Waals surface area contributed by atoms with Crippen molar-refractivity contribution in [1.29, 1.82) is 0 Å². The van der Waals surface area contributed by atoms with Crippen molar-refractivity contribution in [1.82, 2.24) is 10.2 Å². The normalized spacial score (nSPS) is 17.4. The number of nitrogens with zero attached hydrogens (tertiary/aromatic N) is 2. The number of hydrogen-bond donors (Lipinski definition) is 1. The molecule has 1 aromatic carbocycles. The van der Waals surface area contributed by atoms with E-state index in [0.717, 1.165) is 31.5 Å². The molecular weight excluding hydrogens is 318 g/mol. The van der Waals surface area contributed by atoms with Gasteiger partial charge < -0.3 is 14.6 Å². The number of para-hydroxylation sites is 1.